The quantitative estimate of drug-likeness (QED) is 0.616. The van der Waals surface area contributed by atoms with Crippen molar-refractivity contribution in [2.45, 2.75) is 31.5 Å². The molecule has 0 aromatic carbocycles. The molecule has 0 saturated carbocycles. The summed E-state index contributed by atoms with van der Waals surface area (Å²) in [6, 6.07) is 1.95. The fourth-order valence-electron chi connectivity index (χ4n) is 2.13. The number of methoxy groups -OCH3 is 1. The highest BCUT2D eigenvalue weighted by atomic mass is 32.2. The van der Waals surface area contributed by atoms with Crippen molar-refractivity contribution in [3.63, 3.8) is 0 Å². The van der Waals surface area contributed by atoms with Crippen LogP contribution in [0, 0.1) is 13.8 Å². The van der Waals surface area contributed by atoms with Crippen molar-refractivity contribution in [2.75, 3.05) is 12.9 Å². The van der Waals surface area contributed by atoms with Crippen LogP contribution in [0.1, 0.15) is 17.8 Å². The van der Waals surface area contributed by atoms with E-state index >= 15 is 0 Å². The molecule has 3 heterocycles. The predicted octanol–water partition coefficient (Wildman–Crippen LogP) is 1.15. The monoisotopic (exact) mass is 321 g/mol. The van der Waals surface area contributed by atoms with Gasteiger partial charge in [-0.1, -0.05) is 16.9 Å². The Kier molecular flexibility index (Phi) is 3.97. The lowest BCUT2D eigenvalue weighted by Gasteiger charge is -2.04. The van der Waals surface area contributed by atoms with Gasteiger partial charge in [0, 0.05) is 23.6 Å². The maximum absolute atomic E-state index is 11.3. The average molecular weight is 321 g/mol. The van der Waals surface area contributed by atoms with Crippen LogP contribution < -0.4 is 0 Å². The Morgan fingerprint density at radius 2 is 2.32 bits per heavy atom. The van der Waals surface area contributed by atoms with Gasteiger partial charge in [-0.2, -0.15) is 4.98 Å². The molecule has 0 N–H and O–H groups in total. The fraction of sp³-hybridized carbons (Fsp3) is 0.462. The highest BCUT2D eigenvalue weighted by Gasteiger charge is 2.27. The number of hydrogen-bond acceptors (Lipinski definition) is 8. The van der Waals surface area contributed by atoms with Crippen LogP contribution in [0.15, 0.2) is 16.4 Å². The minimum Gasteiger partial charge on any atom is -0.464 e. The van der Waals surface area contributed by atoms with Gasteiger partial charge < -0.3 is 9.57 Å². The second kappa shape index (κ2) is 5.91. The Hall–Kier alpha value is -2.16. The van der Waals surface area contributed by atoms with E-state index in [2.05, 4.69) is 25.0 Å². The lowest BCUT2D eigenvalue weighted by Crippen LogP contribution is -2.17. The molecule has 3 rings (SSSR count). The van der Waals surface area contributed by atoms with Crippen molar-refractivity contribution in [1.82, 2.24) is 19.6 Å². The smallest absolute Gasteiger partial charge is 0.355 e. The molecular formula is C13H15N5O3S. The minimum absolute atomic E-state index is 0.179. The summed E-state index contributed by atoms with van der Waals surface area (Å²) in [5.74, 6) is 0.728. The molecule has 0 fully saturated rings. The highest BCUT2D eigenvalue weighted by molar-refractivity contribution is 7.99. The molecular weight excluding hydrogens is 306 g/mol. The van der Waals surface area contributed by atoms with Gasteiger partial charge in [-0.25, -0.2) is 14.3 Å². The summed E-state index contributed by atoms with van der Waals surface area (Å²) in [4.78, 5) is 25.3. The Bertz CT molecular complexity index is 757. The summed E-state index contributed by atoms with van der Waals surface area (Å²) in [6.45, 7) is 3.88. The summed E-state index contributed by atoms with van der Waals surface area (Å²) in [7, 11) is 1.32. The van der Waals surface area contributed by atoms with Gasteiger partial charge in [-0.15, -0.1) is 5.10 Å². The second-order valence-corrected chi connectivity index (χ2v) is 5.90. The van der Waals surface area contributed by atoms with Gasteiger partial charge in [-0.05, 0) is 19.9 Å². The van der Waals surface area contributed by atoms with Crippen LogP contribution in [-0.4, -0.2) is 50.2 Å². The molecule has 22 heavy (non-hydrogen) atoms. The predicted molar refractivity (Wildman–Crippen MR) is 79.9 cm³/mol. The molecule has 2 aromatic heterocycles. The lowest BCUT2D eigenvalue weighted by molar-refractivity contribution is -0.132. The lowest BCUT2D eigenvalue weighted by atomic mass is 10.2. The topological polar surface area (TPSA) is 91.0 Å². The zero-order chi connectivity index (χ0) is 15.7. The van der Waals surface area contributed by atoms with Crippen molar-refractivity contribution in [3.8, 4) is 0 Å². The van der Waals surface area contributed by atoms with E-state index in [0.717, 1.165) is 11.4 Å². The number of aryl methyl sites for hydroxylation is 2. The molecule has 8 nitrogen and oxygen atoms in total. The molecule has 1 aliphatic rings. The van der Waals surface area contributed by atoms with E-state index in [1.807, 2.05) is 19.9 Å². The molecule has 0 amide bonds. The van der Waals surface area contributed by atoms with E-state index in [0.29, 0.717) is 28.8 Å². The Labute approximate surface area is 130 Å². The van der Waals surface area contributed by atoms with Gasteiger partial charge in [-0.3, -0.25) is 0 Å². The van der Waals surface area contributed by atoms with Crippen LogP contribution in [0.3, 0.4) is 0 Å². The average Bonchev–Trinajstić information content (AvgIpc) is 3.10. The number of aromatic nitrogens is 4. The maximum atomic E-state index is 11.3. The van der Waals surface area contributed by atoms with Gasteiger partial charge in [0.2, 0.25) is 5.16 Å². The summed E-state index contributed by atoms with van der Waals surface area (Å²) < 4.78 is 6.33. The summed E-state index contributed by atoms with van der Waals surface area (Å²) in [6.07, 6.45) is 0.255. The third-order valence-corrected chi connectivity index (χ3v) is 4.12. The molecule has 0 spiro atoms. The third kappa shape index (κ3) is 2.89. The first-order valence-corrected chi connectivity index (χ1v) is 7.70. The first-order valence-electron chi connectivity index (χ1n) is 6.71. The standard InChI is InChI=1S/C13H15N5O3S/c1-7-4-8(2)18-12(14-7)15-13(16-18)22-6-9-5-10(17-21-9)11(19)20-3/h4,9H,5-6H2,1-3H3/t9-/m1/s1. The maximum Gasteiger partial charge on any atom is 0.355 e. The van der Waals surface area contributed by atoms with Crippen LogP contribution in [0.4, 0.5) is 0 Å². The molecule has 1 atom stereocenters. The zero-order valence-electron chi connectivity index (χ0n) is 12.4. The number of oxime groups is 1. The molecule has 116 valence electrons. The number of nitrogens with zero attached hydrogens (tertiary/aromatic N) is 5. The normalized spacial score (nSPS) is 17.4. The van der Waals surface area contributed by atoms with E-state index in [1.54, 1.807) is 4.52 Å². The van der Waals surface area contributed by atoms with Gasteiger partial charge in [0.05, 0.1) is 7.11 Å². The van der Waals surface area contributed by atoms with Crippen molar-refractivity contribution in [2.24, 2.45) is 5.16 Å². The minimum atomic E-state index is -0.450. The number of hydrogen-bond donors (Lipinski definition) is 0. The summed E-state index contributed by atoms with van der Waals surface area (Å²) >= 11 is 1.45. The first kappa shape index (κ1) is 14.8. The molecule has 9 heteroatoms. The number of carbonyl (C=O) groups excluding carboxylic acids is 1. The highest BCUT2D eigenvalue weighted by Crippen LogP contribution is 2.21. The molecule has 1 aliphatic heterocycles. The fourth-order valence-corrected chi connectivity index (χ4v) is 2.93. The Balaban J connectivity index is 1.63. The van der Waals surface area contributed by atoms with Crippen molar-refractivity contribution in [1.29, 1.82) is 0 Å². The zero-order valence-corrected chi connectivity index (χ0v) is 13.3. The van der Waals surface area contributed by atoms with Crippen molar-refractivity contribution >= 4 is 29.2 Å². The van der Waals surface area contributed by atoms with Crippen LogP contribution in [0.2, 0.25) is 0 Å². The van der Waals surface area contributed by atoms with E-state index in [1.165, 1.54) is 18.9 Å². The number of rotatable bonds is 4. The molecule has 2 aromatic rings. The van der Waals surface area contributed by atoms with E-state index < -0.39 is 5.97 Å². The van der Waals surface area contributed by atoms with Crippen LogP contribution in [0.25, 0.3) is 5.78 Å². The van der Waals surface area contributed by atoms with Crippen LogP contribution in [-0.2, 0) is 14.4 Å². The molecule has 0 radical (unpaired) electrons. The van der Waals surface area contributed by atoms with E-state index in [4.69, 9.17) is 4.84 Å². The summed E-state index contributed by atoms with van der Waals surface area (Å²) in [5, 5.41) is 8.77. The largest absolute Gasteiger partial charge is 0.464 e. The van der Waals surface area contributed by atoms with Gasteiger partial charge >= 0.3 is 5.97 Å². The van der Waals surface area contributed by atoms with Gasteiger partial charge in [0.25, 0.3) is 5.78 Å². The molecule has 0 bridgehead atoms. The molecule has 0 aliphatic carbocycles. The summed E-state index contributed by atoms with van der Waals surface area (Å²) in [5.41, 5.74) is 2.20. The van der Waals surface area contributed by atoms with Crippen LogP contribution >= 0.6 is 11.8 Å². The number of thioether (sulfide) groups is 1. The number of fused-ring (bicyclic) bond motifs is 1. The van der Waals surface area contributed by atoms with Crippen molar-refractivity contribution < 1.29 is 14.4 Å². The van der Waals surface area contributed by atoms with Crippen molar-refractivity contribution in [3.05, 3.63) is 17.5 Å². The number of carbonyl (C=O) groups is 1. The number of esters is 1. The number of ether oxygens (including phenoxy) is 1. The first-order chi connectivity index (χ1) is 10.6. The molecule has 0 saturated heterocycles. The molecule has 0 unspecified atom stereocenters. The third-order valence-electron chi connectivity index (χ3n) is 3.15. The SMILES string of the molecule is COC(=O)C1=NO[C@@H](CSc2nc3nc(C)cc(C)n3n2)C1. The second-order valence-electron chi connectivity index (χ2n) is 4.92. The van der Waals surface area contributed by atoms with E-state index in [9.17, 15) is 4.79 Å². The van der Waals surface area contributed by atoms with Gasteiger partial charge in [0.15, 0.2) is 5.71 Å². The van der Waals surface area contributed by atoms with Crippen LogP contribution in [0.5, 0.6) is 0 Å². The van der Waals surface area contributed by atoms with Gasteiger partial charge in [0.1, 0.15) is 6.10 Å². The Morgan fingerprint density at radius 3 is 3.09 bits per heavy atom. The Morgan fingerprint density at radius 1 is 1.50 bits per heavy atom. The van der Waals surface area contributed by atoms with E-state index in [-0.39, 0.29) is 6.10 Å².